The molecule has 6 nitrogen and oxygen atoms in total. The number of rotatable bonds is 7. The van der Waals surface area contributed by atoms with Crippen molar-refractivity contribution in [3.05, 3.63) is 101 Å². The van der Waals surface area contributed by atoms with Crippen LogP contribution in [-0.4, -0.2) is 51.8 Å². The van der Waals surface area contributed by atoms with Gasteiger partial charge >= 0.3 is 0 Å². The fourth-order valence-electron chi connectivity index (χ4n) is 4.61. The van der Waals surface area contributed by atoms with Gasteiger partial charge in [-0.25, -0.2) is 8.78 Å². The van der Waals surface area contributed by atoms with Gasteiger partial charge in [0.1, 0.15) is 17.5 Å². The SMILES string of the molecule is CC(C)c1nnc(SCc2ccccc2C(=O)N2CCN(c3ccccc3F)CC2)n1-c1ccc(F)cc1. The van der Waals surface area contributed by atoms with Crippen LogP contribution in [0.15, 0.2) is 78.0 Å². The van der Waals surface area contributed by atoms with Gasteiger partial charge in [-0.15, -0.1) is 10.2 Å². The van der Waals surface area contributed by atoms with E-state index in [1.54, 1.807) is 24.3 Å². The van der Waals surface area contributed by atoms with Gasteiger partial charge in [-0.2, -0.15) is 0 Å². The van der Waals surface area contributed by atoms with Crippen LogP contribution < -0.4 is 4.90 Å². The summed E-state index contributed by atoms with van der Waals surface area (Å²) in [5, 5.41) is 9.48. The number of benzene rings is 3. The lowest BCUT2D eigenvalue weighted by atomic mass is 10.1. The Hall–Kier alpha value is -3.72. The highest BCUT2D eigenvalue weighted by molar-refractivity contribution is 7.98. The number of piperazine rings is 1. The molecule has 38 heavy (non-hydrogen) atoms. The summed E-state index contributed by atoms with van der Waals surface area (Å²) in [6.45, 7) is 6.26. The Morgan fingerprint density at radius 1 is 0.895 bits per heavy atom. The summed E-state index contributed by atoms with van der Waals surface area (Å²) in [6, 6.07) is 20.6. The first-order valence-corrected chi connectivity index (χ1v) is 13.6. The molecule has 1 aromatic heterocycles. The fourth-order valence-corrected chi connectivity index (χ4v) is 5.57. The van der Waals surface area contributed by atoms with E-state index >= 15 is 0 Å². The third-order valence-corrected chi connectivity index (χ3v) is 7.60. The lowest BCUT2D eigenvalue weighted by Crippen LogP contribution is -2.49. The highest BCUT2D eigenvalue weighted by Crippen LogP contribution is 2.30. The largest absolute Gasteiger partial charge is 0.366 e. The Morgan fingerprint density at radius 2 is 1.58 bits per heavy atom. The number of thioether (sulfide) groups is 1. The maximum Gasteiger partial charge on any atom is 0.254 e. The molecule has 1 aliphatic rings. The molecule has 1 aliphatic heterocycles. The number of hydrogen-bond acceptors (Lipinski definition) is 5. The van der Waals surface area contributed by atoms with Gasteiger partial charge in [0.05, 0.1) is 5.69 Å². The third kappa shape index (κ3) is 5.43. The van der Waals surface area contributed by atoms with Crippen molar-refractivity contribution in [2.75, 3.05) is 31.1 Å². The van der Waals surface area contributed by atoms with E-state index in [2.05, 4.69) is 10.2 Å². The molecule has 0 unspecified atom stereocenters. The molecule has 0 N–H and O–H groups in total. The van der Waals surface area contributed by atoms with Crippen molar-refractivity contribution >= 4 is 23.4 Å². The van der Waals surface area contributed by atoms with Crippen LogP contribution in [0.25, 0.3) is 5.69 Å². The number of carbonyl (C=O) groups excluding carboxylic acids is 1. The number of aromatic nitrogens is 3. The minimum absolute atomic E-state index is 0.0303. The summed E-state index contributed by atoms with van der Waals surface area (Å²) in [4.78, 5) is 17.3. The van der Waals surface area contributed by atoms with Gasteiger partial charge in [0.2, 0.25) is 0 Å². The number of anilines is 1. The second-order valence-corrected chi connectivity index (χ2v) is 10.4. The van der Waals surface area contributed by atoms with E-state index in [1.165, 1.54) is 30.0 Å². The van der Waals surface area contributed by atoms with Crippen molar-refractivity contribution in [1.82, 2.24) is 19.7 Å². The number of para-hydroxylation sites is 1. The summed E-state index contributed by atoms with van der Waals surface area (Å²) in [6.07, 6.45) is 0. The summed E-state index contributed by atoms with van der Waals surface area (Å²) in [5.74, 6) is 0.856. The number of nitrogens with zero attached hydrogens (tertiary/aromatic N) is 5. The zero-order valence-corrected chi connectivity index (χ0v) is 22.2. The smallest absolute Gasteiger partial charge is 0.254 e. The van der Waals surface area contributed by atoms with E-state index in [0.29, 0.717) is 48.3 Å². The van der Waals surface area contributed by atoms with Gasteiger partial charge in [-0.3, -0.25) is 9.36 Å². The Bertz CT molecular complexity index is 1410. The van der Waals surface area contributed by atoms with E-state index in [4.69, 9.17) is 0 Å². The number of hydrogen-bond donors (Lipinski definition) is 0. The molecule has 0 saturated carbocycles. The van der Waals surface area contributed by atoms with Crippen LogP contribution in [0.5, 0.6) is 0 Å². The van der Waals surface area contributed by atoms with Gasteiger partial charge in [-0.1, -0.05) is 55.9 Å². The molecular formula is C29H29F2N5OS. The number of halogens is 2. The number of amides is 1. The molecule has 0 spiro atoms. The lowest BCUT2D eigenvalue weighted by molar-refractivity contribution is 0.0746. The molecule has 1 saturated heterocycles. The van der Waals surface area contributed by atoms with Crippen LogP contribution >= 0.6 is 11.8 Å². The lowest BCUT2D eigenvalue weighted by Gasteiger charge is -2.36. The van der Waals surface area contributed by atoms with Gasteiger partial charge in [-0.05, 0) is 48.0 Å². The van der Waals surface area contributed by atoms with E-state index in [1.807, 2.05) is 58.5 Å². The Morgan fingerprint density at radius 3 is 2.29 bits per heavy atom. The van der Waals surface area contributed by atoms with E-state index < -0.39 is 0 Å². The summed E-state index contributed by atoms with van der Waals surface area (Å²) in [7, 11) is 0. The van der Waals surface area contributed by atoms with Crippen LogP contribution in [-0.2, 0) is 5.75 Å². The minimum Gasteiger partial charge on any atom is -0.366 e. The zero-order valence-electron chi connectivity index (χ0n) is 21.3. The normalized spacial score (nSPS) is 13.8. The molecule has 196 valence electrons. The molecule has 5 rings (SSSR count). The first-order valence-electron chi connectivity index (χ1n) is 12.6. The monoisotopic (exact) mass is 533 g/mol. The maximum absolute atomic E-state index is 14.2. The van der Waals surface area contributed by atoms with Crippen molar-refractivity contribution in [2.24, 2.45) is 0 Å². The van der Waals surface area contributed by atoms with Gasteiger partial charge in [0.25, 0.3) is 5.91 Å². The topological polar surface area (TPSA) is 54.3 Å². The van der Waals surface area contributed by atoms with Crippen LogP contribution in [0.2, 0.25) is 0 Å². The standard InChI is InChI=1S/C29H29F2N5OS/c1-20(2)27-32-33-29(36(27)23-13-11-22(30)12-14-23)38-19-21-7-3-4-8-24(21)28(37)35-17-15-34(16-18-35)26-10-6-5-9-25(26)31/h3-14,20H,15-19H2,1-2H3. The summed E-state index contributed by atoms with van der Waals surface area (Å²) >= 11 is 1.49. The van der Waals surface area contributed by atoms with Crippen molar-refractivity contribution in [3.8, 4) is 5.69 Å². The van der Waals surface area contributed by atoms with E-state index in [9.17, 15) is 13.6 Å². The maximum atomic E-state index is 14.2. The molecule has 4 aromatic rings. The Balaban J connectivity index is 1.31. The van der Waals surface area contributed by atoms with E-state index in [-0.39, 0.29) is 23.5 Å². The second-order valence-electron chi connectivity index (χ2n) is 9.48. The molecular weight excluding hydrogens is 504 g/mol. The molecule has 3 aromatic carbocycles. The van der Waals surface area contributed by atoms with Crippen LogP contribution in [0, 0.1) is 11.6 Å². The first kappa shape index (κ1) is 25.9. The van der Waals surface area contributed by atoms with Crippen LogP contribution in [0.4, 0.5) is 14.5 Å². The van der Waals surface area contributed by atoms with Gasteiger partial charge < -0.3 is 9.80 Å². The molecule has 0 atom stereocenters. The predicted octanol–water partition coefficient (Wildman–Crippen LogP) is 5.92. The minimum atomic E-state index is -0.302. The predicted molar refractivity (Wildman–Crippen MR) is 146 cm³/mol. The highest BCUT2D eigenvalue weighted by Gasteiger charge is 2.25. The van der Waals surface area contributed by atoms with Crippen molar-refractivity contribution < 1.29 is 13.6 Å². The second kappa shape index (κ2) is 11.3. The highest BCUT2D eigenvalue weighted by atomic mass is 32.2. The fraction of sp³-hybridized carbons (Fsp3) is 0.276. The zero-order chi connectivity index (χ0) is 26.6. The van der Waals surface area contributed by atoms with Crippen molar-refractivity contribution in [2.45, 2.75) is 30.7 Å². The Labute approximate surface area is 225 Å². The van der Waals surface area contributed by atoms with Gasteiger partial charge in [0.15, 0.2) is 5.16 Å². The molecule has 2 heterocycles. The molecule has 0 bridgehead atoms. The van der Waals surface area contributed by atoms with Crippen molar-refractivity contribution in [3.63, 3.8) is 0 Å². The summed E-state index contributed by atoms with van der Waals surface area (Å²) in [5.41, 5.74) is 2.91. The van der Waals surface area contributed by atoms with E-state index in [0.717, 1.165) is 17.1 Å². The third-order valence-electron chi connectivity index (χ3n) is 6.62. The first-order chi connectivity index (χ1) is 18.4. The summed E-state index contributed by atoms with van der Waals surface area (Å²) < 4.78 is 29.7. The molecule has 1 fully saturated rings. The van der Waals surface area contributed by atoms with Crippen molar-refractivity contribution in [1.29, 1.82) is 0 Å². The van der Waals surface area contributed by atoms with Crippen LogP contribution in [0.1, 0.15) is 41.5 Å². The Kier molecular flexibility index (Phi) is 7.74. The average molecular weight is 534 g/mol. The quantitative estimate of drug-likeness (QED) is 0.276. The van der Waals surface area contributed by atoms with Crippen LogP contribution in [0.3, 0.4) is 0 Å². The number of carbonyl (C=O) groups is 1. The molecule has 1 amide bonds. The average Bonchev–Trinajstić information content (AvgIpc) is 3.37. The molecule has 0 radical (unpaired) electrons. The molecule has 0 aliphatic carbocycles. The molecule has 9 heteroatoms. The van der Waals surface area contributed by atoms with Gasteiger partial charge in [0, 0.05) is 49.1 Å².